The molecule has 2 rings (SSSR count). The van der Waals surface area contributed by atoms with Gasteiger partial charge in [0.25, 0.3) is 0 Å². The van der Waals surface area contributed by atoms with Crippen molar-refractivity contribution in [2.45, 2.75) is 166 Å². The summed E-state index contributed by atoms with van der Waals surface area (Å²) in [5.41, 5.74) is -0.211. The fourth-order valence-electron chi connectivity index (χ4n) is 6.52. The summed E-state index contributed by atoms with van der Waals surface area (Å²) in [6.07, 6.45) is 36.0. The molecule has 0 aliphatic carbocycles. The molecular formula is C42H70O5PS+. The average Bonchev–Trinajstić information content (AvgIpc) is 3.12. The lowest BCUT2D eigenvalue weighted by Crippen LogP contribution is -2.13. The monoisotopic (exact) mass is 717 g/mol. The molecule has 0 atom stereocenters. The minimum Gasteiger partial charge on any atom is -0.478 e. The summed E-state index contributed by atoms with van der Waals surface area (Å²) >= 11 is 0. The first-order chi connectivity index (χ1) is 23.8. The minimum atomic E-state index is -1.87. The predicted octanol–water partition coefficient (Wildman–Crippen LogP) is 13.1. The highest BCUT2D eigenvalue weighted by Gasteiger charge is 2.34. The first kappa shape index (κ1) is 45.0. The SMILES string of the molecule is CCCCCCCCCCCCCCCC[P+](CCCC)(CCCC)CCCC.O=C(O)c1ccccc1S(=O)c1ccccc1C(=O)O. The summed E-state index contributed by atoms with van der Waals surface area (Å²) < 4.78 is 12.5. The maximum absolute atomic E-state index is 12.5. The van der Waals surface area contributed by atoms with Gasteiger partial charge in [0, 0.05) is 7.26 Å². The van der Waals surface area contributed by atoms with E-state index in [2.05, 4.69) is 27.7 Å². The first-order valence-corrected chi connectivity index (χ1v) is 23.4. The van der Waals surface area contributed by atoms with Crippen LogP contribution in [0.15, 0.2) is 58.3 Å². The molecule has 5 nitrogen and oxygen atoms in total. The van der Waals surface area contributed by atoms with E-state index in [1.807, 2.05) is 0 Å². The quantitative estimate of drug-likeness (QED) is 0.0675. The molecule has 49 heavy (non-hydrogen) atoms. The second-order valence-corrected chi connectivity index (χ2v) is 19.7. The van der Waals surface area contributed by atoms with Crippen molar-refractivity contribution >= 4 is 30.0 Å². The largest absolute Gasteiger partial charge is 0.478 e. The first-order valence-electron chi connectivity index (χ1n) is 19.7. The smallest absolute Gasteiger partial charge is 0.336 e. The van der Waals surface area contributed by atoms with Crippen molar-refractivity contribution < 1.29 is 24.0 Å². The number of rotatable bonds is 28. The van der Waals surface area contributed by atoms with Crippen LogP contribution in [0.4, 0.5) is 0 Å². The van der Waals surface area contributed by atoms with Gasteiger partial charge in [-0.05, 0) is 56.4 Å². The van der Waals surface area contributed by atoms with E-state index in [-0.39, 0.29) is 20.9 Å². The molecule has 0 radical (unpaired) electrons. The number of aromatic carboxylic acids is 2. The summed E-state index contributed by atoms with van der Waals surface area (Å²) in [5.74, 6) is -2.41. The molecule has 0 aliphatic heterocycles. The highest BCUT2D eigenvalue weighted by atomic mass is 32.2. The fourth-order valence-corrected chi connectivity index (χ4v) is 13.1. The lowest BCUT2D eigenvalue weighted by molar-refractivity contribution is 0.0683. The molecule has 278 valence electrons. The van der Waals surface area contributed by atoms with E-state index in [0.29, 0.717) is 0 Å². The predicted molar refractivity (Wildman–Crippen MR) is 213 cm³/mol. The Labute approximate surface area is 303 Å². The van der Waals surface area contributed by atoms with Gasteiger partial charge in [-0.3, -0.25) is 0 Å². The van der Waals surface area contributed by atoms with E-state index in [0.717, 1.165) is 0 Å². The van der Waals surface area contributed by atoms with Crippen molar-refractivity contribution in [2.24, 2.45) is 0 Å². The van der Waals surface area contributed by atoms with Gasteiger partial charge in [-0.1, -0.05) is 148 Å². The van der Waals surface area contributed by atoms with E-state index < -0.39 is 30.0 Å². The van der Waals surface area contributed by atoms with E-state index in [4.69, 9.17) is 10.2 Å². The topological polar surface area (TPSA) is 91.7 Å². The van der Waals surface area contributed by atoms with Crippen LogP contribution in [0.5, 0.6) is 0 Å². The number of carboxylic acid groups (broad SMARTS) is 2. The Morgan fingerprint density at radius 3 is 1.08 bits per heavy atom. The van der Waals surface area contributed by atoms with Crippen molar-refractivity contribution in [3.05, 3.63) is 59.7 Å². The number of unbranched alkanes of at least 4 members (excludes halogenated alkanes) is 16. The Morgan fingerprint density at radius 2 is 0.755 bits per heavy atom. The Morgan fingerprint density at radius 1 is 0.469 bits per heavy atom. The molecule has 2 aromatic carbocycles. The van der Waals surface area contributed by atoms with Crippen LogP contribution in [0.2, 0.25) is 0 Å². The van der Waals surface area contributed by atoms with Gasteiger partial charge >= 0.3 is 11.9 Å². The van der Waals surface area contributed by atoms with Gasteiger partial charge < -0.3 is 10.2 Å². The van der Waals surface area contributed by atoms with Crippen LogP contribution in [-0.2, 0) is 10.8 Å². The van der Waals surface area contributed by atoms with Gasteiger partial charge in [-0.2, -0.15) is 0 Å². The van der Waals surface area contributed by atoms with Crippen LogP contribution >= 0.6 is 7.26 Å². The van der Waals surface area contributed by atoms with Crippen molar-refractivity contribution in [3.8, 4) is 0 Å². The molecule has 7 heteroatoms. The van der Waals surface area contributed by atoms with Gasteiger partial charge in [0.1, 0.15) is 0 Å². The second kappa shape index (κ2) is 28.6. The van der Waals surface area contributed by atoms with Crippen LogP contribution in [0.3, 0.4) is 0 Å². The lowest BCUT2D eigenvalue weighted by Gasteiger charge is -2.28. The number of hydrogen-bond acceptors (Lipinski definition) is 3. The maximum atomic E-state index is 12.5. The van der Waals surface area contributed by atoms with Crippen molar-refractivity contribution in [1.82, 2.24) is 0 Å². The van der Waals surface area contributed by atoms with E-state index >= 15 is 0 Å². The van der Waals surface area contributed by atoms with Crippen LogP contribution in [-0.4, -0.2) is 51.0 Å². The maximum Gasteiger partial charge on any atom is 0.336 e. The molecular weight excluding hydrogens is 647 g/mol. The van der Waals surface area contributed by atoms with E-state index in [9.17, 15) is 13.8 Å². The molecule has 0 fully saturated rings. The van der Waals surface area contributed by atoms with Crippen molar-refractivity contribution in [3.63, 3.8) is 0 Å². The van der Waals surface area contributed by atoms with Gasteiger partial charge in [0.15, 0.2) is 0 Å². The second-order valence-electron chi connectivity index (χ2n) is 13.8. The Kier molecular flexibility index (Phi) is 26.3. The van der Waals surface area contributed by atoms with E-state index in [1.165, 1.54) is 158 Å². The van der Waals surface area contributed by atoms with Crippen molar-refractivity contribution in [2.75, 3.05) is 24.6 Å². The zero-order valence-corrected chi connectivity index (χ0v) is 33.3. The number of benzene rings is 2. The minimum absolute atomic E-state index is 0.0775. The summed E-state index contributed by atoms with van der Waals surface area (Å²) in [7, 11) is -2.50. The molecule has 2 aromatic rings. The Hall–Kier alpha value is -2.04. The Balaban J connectivity index is 0.000000520. The fraction of sp³-hybridized carbons (Fsp3) is 0.667. The highest BCUT2D eigenvalue weighted by molar-refractivity contribution is 7.85. The molecule has 0 unspecified atom stereocenters. The van der Waals surface area contributed by atoms with Gasteiger partial charge in [0.05, 0.1) is 56.4 Å². The molecule has 0 aromatic heterocycles. The molecule has 0 saturated heterocycles. The lowest BCUT2D eigenvalue weighted by atomic mass is 10.0. The number of hydrogen-bond donors (Lipinski definition) is 2. The molecule has 0 amide bonds. The third-order valence-corrected chi connectivity index (χ3v) is 16.1. The van der Waals surface area contributed by atoms with Crippen LogP contribution in [0.1, 0.15) is 177 Å². The van der Waals surface area contributed by atoms with E-state index in [1.54, 1.807) is 43.2 Å². The van der Waals surface area contributed by atoms with Crippen LogP contribution in [0.25, 0.3) is 0 Å². The third-order valence-electron chi connectivity index (χ3n) is 9.58. The Bertz CT molecular complexity index is 1100. The summed E-state index contributed by atoms with van der Waals surface area (Å²) in [6, 6.07) is 11.7. The molecule has 0 spiro atoms. The standard InChI is InChI=1S/C28H60P.C14H10O5S/c1-5-9-13-14-15-16-17-18-19-20-21-22-23-24-28-29(25-10-6-2,26-11-7-3)27-12-8-4;15-13(16)9-5-1-3-7-11(9)20(19)12-8-4-2-6-10(12)14(17)18/h5-28H2,1-4H3;1-8H,(H,15,16)(H,17,18)/q+1;. The van der Waals surface area contributed by atoms with Crippen molar-refractivity contribution in [1.29, 1.82) is 0 Å². The number of carbonyl (C=O) groups is 2. The average molecular weight is 718 g/mol. The molecule has 0 aliphatic rings. The third kappa shape index (κ3) is 19.2. The highest BCUT2D eigenvalue weighted by Crippen LogP contribution is 2.61. The normalized spacial score (nSPS) is 11.4. The van der Waals surface area contributed by atoms with Gasteiger partial charge in [-0.15, -0.1) is 0 Å². The molecule has 0 saturated carbocycles. The van der Waals surface area contributed by atoms with Crippen LogP contribution in [0, 0.1) is 0 Å². The van der Waals surface area contributed by atoms with Crippen LogP contribution < -0.4 is 0 Å². The number of carboxylic acids is 2. The van der Waals surface area contributed by atoms with Gasteiger partial charge in [0.2, 0.25) is 0 Å². The molecule has 0 bridgehead atoms. The molecule has 2 N–H and O–H groups in total. The summed E-state index contributed by atoms with van der Waals surface area (Å²) in [6.45, 7) is 9.48. The summed E-state index contributed by atoms with van der Waals surface area (Å²) in [5, 5.41) is 18.2. The zero-order valence-electron chi connectivity index (χ0n) is 31.6. The van der Waals surface area contributed by atoms with Gasteiger partial charge in [-0.25, -0.2) is 13.8 Å². The molecule has 0 heterocycles. The summed E-state index contributed by atoms with van der Waals surface area (Å²) in [4.78, 5) is 22.4. The zero-order chi connectivity index (χ0) is 36.2.